The van der Waals surface area contributed by atoms with Crippen molar-refractivity contribution in [3.05, 3.63) is 35.9 Å². The molecule has 0 spiro atoms. The molecule has 4 heteroatoms. The third kappa shape index (κ3) is 3.23. The fourth-order valence-electron chi connectivity index (χ4n) is 1.85. The lowest BCUT2D eigenvalue weighted by atomic mass is 10.2. The van der Waals surface area contributed by atoms with E-state index in [2.05, 4.69) is 17.4 Å². The third-order valence-electron chi connectivity index (χ3n) is 2.65. The van der Waals surface area contributed by atoms with Crippen molar-refractivity contribution in [3.63, 3.8) is 0 Å². The lowest BCUT2D eigenvalue weighted by Gasteiger charge is -2.12. The summed E-state index contributed by atoms with van der Waals surface area (Å²) in [4.78, 5) is 11.8. The summed E-state index contributed by atoms with van der Waals surface area (Å²) in [7, 11) is 0. The molecule has 0 saturated carbocycles. The Morgan fingerprint density at radius 1 is 1.41 bits per heavy atom. The number of hydrogen-bond donors (Lipinski definition) is 1. The van der Waals surface area contributed by atoms with E-state index in [1.807, 2.05) is 32.0 Å². The Bertz CT molecular complexity index is 380. The molecule has 1 aliphatic heterocycles. The summed E-state index contributed by atoms with van der Waals surface area (Å²) in [5.74, 6) is 0.733. The van der Waals surface area contributed by atoms with Gasteiger partial charge in [0.15, 0.2) is 11.4 Å². The minimum absolute atomic E-state index is 0.0309. The summed E-state index contributed by atoms with van der Waals surface area (Å²) < 4.78 is 5.23. The Labute approximate surface area is 106 Å². The van der Waals surface area contributed by atoms with Crippen LogP contribution < -0.4 is 5.32 Å². The second-order valence-corrected chi connectivity index (χ2v) is 5.62. The molecular weight excluding hydrogens is 234 g/mol. The van der Waals surface area contributed by atoms with E-state index in [0.29, 0.717) is 5.37 Å². The van der Waals surface area contributed by atoms with Crippen molar-refractivity contribution < 1.29 is 14.8 Å². The van der Waals surface area contributed by atoms with Crippen LogP contribution in [0.4, 0.5) is 0 Å². The Morgan fingerprint density at radius 2 is 2.12 bits per heavy atom. The van der Waals surface area contributed by atoms with Gasteiger partial charge in [-0.05, 0) is 13.8 Å². The average Bonchev–Trinajstić information content (AvgIpc) is 2.78. The molecule has 0 radical (unpaired) electrons. The summed E-state index contributed by atoms with van der Waals surface area (Å²) in [6.45, 7) is 3.77. The molecule has 0 bridgehead atoms. The van der Waals surface area contributed by atoms with Crippen LogP contribution in [0.1, 0.15) is 24.8 Å². The van der Waals surface area contributed by atoms with Crippen LogP contribution in [0.2, 0.25) is 0 Å². The molecule has 0 amide bonds. The quantitative estimate of drug-likeness (QED) is 0.825. The molecule has 92 valence electrons. The van der Waals surface area contributed by atoms with Crippen LogP contribution >= 0.6 is 11.8 Å². The van der Waals surface area contributed by atoms with Gasteiger partial charge < -0.3 is 10.1 Å². The number of benzene rings is 1. The molecule has 1 aromatic rings. The number of nitrogens with two attached hydrogens (primary N) is 1. The van der Waals surface area contributed by atoms with Crippen molar-refractivity contribution in [1.29, 1.82) is 0 Å². The fourth-order valence-corrected chi connectivity index (χ4v) is 3.16. The average molecular weight is 252 g/mol. The van der Waals surface area contributed by atoms with Gasteiger partial charge in [0.25, 0.3) is 0 Å². The van der Waals surface area contributed by atoms with Crippen molar-refractivity contribution in [2.24, 2.45) is 0 Å². The van der Waals surface area contributed by atoms with Crippen molar-refractivity contribution in [2.45, 2.75) is 31.4 Å². The normalized spacial score (nSPS) is 23.9. The number of hydrogen-bond acceptors (Lipinski definition) is 3. The van der Waals surface area contributed by atoms with E-state index in [4.69, 9.17) is 4.74 Å². The number of ether oxygens (including phenoxy) is 1. The predicted molar refractivity (Wildman–Crippen MR) is 68.6 cm³/mol. The predicted octanol–water partition coefficient (Wildman–Crippen LogP) is 1.32. The van der Waals surface area contributed by atoms with E-state index in [9.17, 15) is 4.79 Å². The molecule has 0 aromatic heterocycles. The standard InChI is InChI=1S/C13H17NO2S/c1-9(2)16-13(15)11-8-17-12(14-11)10-6-4-3-5-7-10/h3-7,9,11-12,14H,8H2,1-2H3/p+1/t11-,12-/m1/s1. The SMILES string of the molecule is CC(C)OC(=O)[C@H]1CS[C@H](c2ccccc2)[NH2+]1. The topological polar surface area (TPSA) is 42.9 Å². The lowest BCUT2D eigenvalue weighted by Crippen LogP contribution is -2.89. The highest BCUT2D eigenvalue weighted by Crippen LogP contribution is 2.26. The first-order valence-electron chi connectivity index (χ1n) is 5.89. The first-order chi connectivity index (χ1) is 8.16. The number of esters is 1. The van der Waals surface area contributed by atoms with E-state index in [1.165, 1.54) is 5.56 Å². The van der Waals surface area contributed by atoms with Crippen LogP contribution in [0, 0.1) is 0 Å². The summed E-state index contributed by atoms with van der Waals surface area (Å²) in [5, 5.41) is 2.42. The highest BCUT2D eigenvalue weighted by atomic mass is 32.2. The minimum atomic E-state index is -0.0917. The van der Waals surface area contributed by atoms with E-state index < -0.39 is 0 Å². The van der Waals surface area contributed by atoms with Crippen LogP contribution in [-0.4, -0.2) is 23.9 Å². The summed E-state index contributed by atoms with van der Waals surface area (Å²) in [6.07, 6.45) is -0.0309. The Balaban J connectivity index is 1.94. The second kappa shape index (κ2) is 5.56. The largest absolute Gasteiger partial charge is 0.459 e. The van der Waals surface area contributed by atoms with E-state index in [0.717, 1.165) is 5.75 Å². The van der Waals surface area contributed by atoms with Gasteiger partial charge >= 0.3 is 5.97 Å². The fraction of sp³-hybridized carbons (Fsp3) is 0.462. The van der Waals surface area contributed by atoms with Crippen LogP contribution in [0.25, 0.3) is 0 Å². The molecule has 1 saturated heterocycles. The maximum atomic E-state index is 11.8. The van der Waals surface area contributed by atoms with Crippen molar-refractivity contribution in [3.8, 4) is 0 Å². The molecule has 0 unspecified atom stereocenters. The van der Waals surface area contributed by atoms with Crippen molar-refractivity contribution >= 4 is 17.7 Å². The number of thioether (sulfide) groups is 1. The third-order valence-corrected chi connectivity index (χ3v) is 3.99. The summed E-state index contributed by atoms with van der Waals surface area (Å²) in [5.41, 5.74) is 1.26. The molecule has 0 aliphatic carbocycles. The van der Waals surface area contributed by atoms with Gasteiger partial charge in [-0.15, -0.1) is 0 Å². The molecule has 2 N–H and O–H groups in total. The maximum absolute atomic E-state index is 11.8. The smallest absolute Gasteiger partial charge is 0.366 e. The Morgan fingerprint density at radius 3 is 2.76 bits per heavy atom. The van der Waals surface area contributed by atoms with Crippen LogP contribution in [0.5, 0.6) is 0 Å². The number of rotatable bonds is 3. The molecule has 2 atom stereocenters. The van der Waals surface area contributed by atoms with Crippen LogP contribution in [-0.2, 0) is 9.53 Å². The molecular formula is C13H18NO2S+. The van der Waals surface area contributed by atoms with Crippen LogP contribution in [0.15, 0.2) is 30.3 Å². The molecule has 2 rings (SSSR count). The van der Waals surface area contributed by atoms with Crippen molar-refractivity contribution in [1.82, 2.24) is 0 Å². The monoisotopic (exact) mass is 252 g/mol. The highest BCUT2D eigenvalue weighted by Gasteiger charge is 2.36. The zero-order valence-electron chi connectivity index (χ0n) is 10.1. The molecule has 3 nitrogen and oxygen atoms in total. The van der Waals surface area contributed by atoms with Crippen LogP contribution in [0.3, 0.4) is 0 Å². The number of quaternary nitrogens is 1. The molecule has 1 heterocycles. The Hall–Kier alpha value is -1.00. The first-order valence-corrected chi connectivity index (χ1v) is 6.93. The molecule has 1 fully saturated rings. The zero-order chi connectivity index (χ0) is 12.3. The van der Waals surface area contributed by atoms with Gasteiger partial charge in [-0.25, -0.2) is 4.79 Å². The summed E-state index contributed by atoms with van der Waals surface area (Å²) >= 11 is 1.80. The number of carbonyl (C=O) groups excluding carboxylic acids is 1. The van der Waals surface area contributed by atoms with E-state index >= 15 is 0 Å². The lowest BCUT2D eigenvalue weighted by molar-refractivity contribution is -0.685. The second-order valence-electron chi connectivity index (χ2n) is 4.45. The molecule has 17 heavy (non-hydrogen) atoms. The van der Waals surface area contributed by atoms with Gasteiger partial charge in [0.1, 0.15) is 0 Å². The summed E-state index contributed by atoms with van der Waals surface area (Å²) in [6, 6.07) is 10.2. The maximum Gasteiger partial charge on any atom is 0.366 e. The first kappa shape index (κ1) is 12.5. The highest BCUT2D eigenvalue weighted by molar-refractivity contribution is 7.99. The van der Waals surface area contributed by atoms with Gasteiger partial charge in [0.2, 0.25) is 0 Å². The van der Waals surface area contributed by atoms with Gasteiger partial charge in [0, 0.05) is 5.56 Å². The van der Waals surface area contributed by atoms with Gasteiger partial charge in [-0.2, -0.15) is 0 Å². The molecule has 1 aromatic carbocycles. The molecule has 1 aliphatic rings. The van der Waals surface area contributed by atoms with Gasteiger partial charge in [-0.3, -0.25) is 0 Å². The Kier molecular flexibility index (Phi) is 4.07. The minimum Gasteiger partial charge on any atom is -0.459 e. The van der Waals surface area contributed by atoms with Gasteiger partial charge in [-0.1, -0.05) is 42.1 Å². The van der Waals surface area contributed by atoms with Crippen molar-refractivity contribution in [2.75, 3.05) is 5.75 Å². The zero-order valence-corrected chi connectivity index (χ0v) is 10.9. The van der Waals surface area contributed by atoms with E-state index in [-0.39, 0.29) is 18.1 Å². The number of carbonyl (C=O) groups is 1. The van der Waals surface area contributed by atoms with Gasteiger partial charge in [0.05, 0.1) is 11.9 Å². The van der Waals surface area contributed by atoms with E-state index in [1.54, 1.807) is 11.8 Å².